The number of allylic oxidation sites excluding steroid dienone is 4. The molecule has 2 aromatic carbocycles. The SMILES string of the molecule is CC1(C)CC(=O)C(C(CCCCC(=Nc2ccccc2)C2=C(O)CC(C)(C)CC2=O)=Nc2ccccc2)=C(O)C1. The average molecular weight is 541 g/mol. The van der Waals surface area contributed by atoms with Crippen LogP contribution in [0.4, 0.5) is 11.4 Å². The Bertz CT molecular complexity index is 1270. The van der Waals surface area contributed by atoms with Gasteiger partial charge in [-0.15, -0.1) is 0 Å². The molecule has 2 aliphatic rings. The molecular weight excluding hydrogens is 500 g/mol. The minimum absolute atomic E-state index is 0.0831. The molecule has 0 aliphatic heterocycles. The molecule has 4 rings (SSSR count). The van der Waals surface area contributed by atoms with Crippen molar-refractivity contribution >= 4 is 34.4 Å². The Balaban J connectivity index is 1.58. The number of ketones is 2. The highest BCUT2D eigenvalue weighted by molar-refractivity contribution is 6.24. The van der Waals surface area contributed by atoms with Crippen molar-refractivity contribution in [2.24, 2.45) is 20.8 Å². The smallest absolute Gasteiger partial charge is 0.168 e. The predicted molar refractivity (Wildman–Crippen MR) is 161 cm³/mol. The fraction of sp³-hybridized carbons (Fsp3) is 0.412. The number of rotatable bonds is 9. The summed E-state index contributed by atoms with van der Waals surface area (Å²) in [7, 11) is 0. The fourth-order valence-corrected chi connectivity index (χ4v) is 5.61. The Labute approximate surface area is 237 Å². The standard InChI is InChI=1S/C34H40N2O4/c1-33(2)19-27(37)31(28(38)20-33)25(35-23-13-7-5-8-14-23)17-11-12-18-26(36-24-15-9-6-10-16-24)32-29(39)21-34(3,4)22-30(32)40/h5-10,13-16,37,39H,11-12,17-22H2,1-4H3. The van der Waals surface area contributed by atoms with E-state index in [2.05, 4.69) is 0 Å². The number of unbranched alkanes of at least 4 members (excludes halogenated alkanes) is 1. The number of nitrogens with zero attached hydrogens (tertiary/aromatic N) is 2. The van der Waals surface area contributed by atoms with Gasteiger partial charge in [0.2, 0.25) is 0 Å². The van der Waals surface area contributed by atoms with Gasteiger partial charge < -0.3 is 10.2 Å². The van der Waals surface area contributed by atoms with E-state index in [1.165, 1.54) is 0 Å². The molecule has 0 saturated heterocycles. The lowest BCUT2D eigenvalue weighted by Gasteiger charge is -2.30. The molecule has 6 nitrogen and oxygen atoms in total. The van der Waals surface area contributed by atoms with Gasteiger partial charge in [-0.1, -0.05) is 64.1 Å². The molecule has 210 valence electrons. The molecule has 6 heteroatoms. The third-order valence-electron chi connectivity index (χ3n) is 7.40. The van der Waals surface area contributed by atoms with Crippen LogP contribution in [0, 0.1) is 10.8 Å². The van der Waals surface area contributed by atoms with Crippen molar-refractivity contribution in [1.82, 2.24) is 0 Å². The zero-order valence-corrected chi connectivity index (χ0v) is 24.0. The minimum atomic E-state index is -0.290. The zero-order chi connectivity index (χ0) is 28.9. The highest BCUT2D eigenvalue weighted by atomic mass is 16.3. The van der Waals surface area contributed by atoms with E-state index in [9.17, 15) is 19.8 Å². The first kappa shape index (κ1) is 29.2. The van der Waals surface area contributed by atoms with Crippen molar-refractivity contribution in [2.75, 3.05) is 0 Å². The van der Waals surface area contributed by atoms with Crippen molar-refractivity contribution in [3.05, 3.63) is 83.3 Å². The summed E-state index contributed by atoms with van der Waals surface area (Å²) >= 11 is 0. The molecule has 0 aromatic heterocycles. The number of aliphatic imine (C=N–C) groups is 2. The van der Waals surface area contributed by atoms with E-state index in [0.29, 0.717) is 73.9 Å². The first-order valence-corrected chi connectivity index (χ1v) is 14.1. The fourth-order valence-electron chi connectivity index (χ4n) is 5.61. The third kappa shape index (κ3) is 7.44. The van der Waals surface area contributed by atoms with Gasteiger partial charge in [0.25, 0.3) is 0 Å². The Morgan fingerprint density at radius 1 is 0.625 bits per heavy atom. The van der Waals surface area contributed by atoms with Gasteiger partial charge in [0.05, 0.1) is 33.9 Å². The molecule has 0 radical (unpaired) electrons. The molecule has 0 fully saturated rings. The number of hydrogen-bond acceptors (Lipinski definition) is 6. The normalized spacial score (nSPS) is 19.8. The van der Waals surface area contributed by atoms with Gasteiger partial charge in [-0.2, -0.15) is 0 Å². The summed E-state index contributed by atoms with van der Waals surface area (Å²) in [6, 6.07) is 18.9. The molecule has 0 unspecified atom stereocenters. The lowest BCUT2D eigenvalue weighted by Crippen LogP contribution is -2.29. The summed E-state index contributed by atoms with van der Waals surface area (Å²) in [6.07, 6.45) is 3.90. The number of para-hydroxylation sites is 2. The second kappa shape index (κ2) is 12.2. The molecular formula is C34H40N2O4. The van der Waals surface area contributed by atoms with Crippen LogP contribution in [-0.4, -0.2) is 33.2 Å². The summed E-state index contributed by atoms with van der Waals surface area (Å²) in [5.41, 5.74) is 2.73. The van der Waals surface area contributed by atoms with Gasteiger partial charge in [-0.3, -0.25) is 19.6 Å². The molecule has 2 aromatic rings. The number of Topliss-reactive ketones (excluding diaryl/α,β-unsaturated/α-hetero) is 2. The molecule has 0 saturated carbocycles. The maximum Gasteiger partial charge on any atom is 0.168 e. The highest BCUT2D eigenvalue weighted by Gasteiger charge is 2.36. The van der Waals surface area contributed by atoms with Crippen LogP contribution in [0.3, 0.4) is 0 Å². The first-order chi connectivity index (χ1) is 18.9. The van der Waals surface area contributed by atoms with Gasteiger partial charge >= 0.3 is 0 Å². The van der Waals surface area contributed by atoms with Crippen LogP contribution in [0.5, 0.6) is 0 Å². The quantitative estimate of drug-likeness (QED) is 0.246. The second-order valence-corrected chi connectivity index (χ2v) is 12.5. The van der Waals surface area contributed by atoms with Crippen molar-refractivity contribution in [1.29, 1.82) is 0 Å². The number of hydrogen-bond donors (Lipinski definition) is 2. The number of aliphatic hydroxyl groups is 2. The van der Waals surface area contributed by atoms with Gasteiger partial charge in [0.15, 0.2) is 11.6 Å². The molecule has 0 bridgehead atoms. The van der Waals surface area contributed by atoms with Crippen LogP contribution in [0.25, 0.3) is 0 Å². The van der Waals surface area contributed by atoms with Crippen LogP contribution in [0.2, 0.25) is 0 Å². The molecule has 2 N–H and O–H groups in total. The summed E-state index contributed by atoms with van der Waals surface area (Å²) in [5.74, 6) is 0.0426. The van der Waals surface area contributed by atoms with Crippen LogP contribution in [0.15, 0.2) is 93.3 Å². The summed E-state index contributed by atoms with van der Waals surface area (Å²) in [5, 5.41) is 21.8. The second-order valence-electron chi connectivity index (χ2n) is 12.5. The summed E-state index contributed by atoms with van der Waals surface area (Å²) < 4.78 is 0. The highest BCUT2D eigenvalue weighted by Crippen LogP contribution is 2.38. The lowest BCUT2D eigenvalue weighted by molar-refractivity contribution is -0.118. The molecule has 0 atom stereocenters. The van der Waals surface area contributed by atoms with E-state index in [-0.39, 0.29) is 33.9 Å². The number of benzene rings is 2. The first-order valence-electron chi connectivity index (χ1n) is 14.1. The average Bonchev–Trinajstić information content (AvgIpc) is 2.85. The van der Waals surface area contributed by atoms with Gasteiger partial charge in [0, 0.05) is 25.7 Å². The zero-order valence-electron chi connectivity index (χ0n) is 24.0. The van der Waals surface area contributed by atoms with Crippen LogP contribution < -0.4 is 0 Å². The van der Waals surface area contributed by atoms with Crippen LogP contribution in [0.1, 0.15) is 79.1 Å². The number of aliphatic hydroxyl groups excluding tert-OH is 2. The van der Waals surface area contributed by atoms with Gasteiger partial charge in [-0.05, 0) is 60.8 Å². The van der Waals surface area contributed by atoms with E-state index in [1.807, 2.05) is 88.4 Å². The topological polar surface area (TPSA) is 99.3 Å². The Morgan fingerprint density at radius 2 is 0.975 bits per heavy atom. The molecule has 0 amide bonds. The van der Waals surface area contributed by atoms with Crippen molar-refractivity contribution in [3.63, 3.8) is 0 Å². The number of carbonyl (C=O) groups is 2. The molecule has 0 heterocycles. The van der Waals surface area contributed by atoms with Crippen molar-refractivity contribution in [2.45, 2.75) is 79.1 Å². The van der Waals surface area contributed by atoms with E-state index in [4.69, 9.17) is 9.98 Å². The minimum Gasteiger partial charge on any atom is -0.511 e. The largest absolute Gasteiger partial charge is 0.511 e. The molecule has 2 aliphatic carbocycles. The van der Waals surface area contributed by atoms with Gasteiger partial charge in [-0.25, -0.2) is 0 Å². The number of carbonyl (C=O) groups excluding carboxylic acids is 2. The maximum absolute atomic E-state index is 13.1. The predicted octanol–water partition coefficient (Wildman–Crippen LogP) is 8.49. The van der Waals surface area contributed by atoms with Crippen LogP contribution in [-0.2, 0) is 9.59 Å². The van der Waals surface area contributed by atoms with Gasteiger partial charge in [0.1, 0.15) is 11.5 Å². The Kier molecular flexibility index (Phi) is 8.87. The third-order valence-corrected chi connectivity index (χ3v) is 7.40. The van der Waals surface area contributed by atoms with E-state index >= 15 is 0 Å². The Hall–Kier alpha value is -3.80. The van der Waals surface area contributed by atoms with Crippen molar-refractivity contribution in [3.8, 4) is 0 Å². The van der Waals surface area contributed by atoms with Crippen molar-refractivity contribution < 1.29 is 19.8 Å². The van der Waals surface area contributed by atoms with Crippen LogP contribution >= 0.6 is 0 Å². The van der Waals surface area contributed by atoms with E-state index in [0.717, 1.165) is 11.4 Å². The summed E-state index contributed by atoms with van der Waals surface area (Å²) in [6.45, 7) is 7.93. The maximum atomic E-state index is 13.1. The van der Waals surface area contributed by atoms with E-state index in [1.54, 1.807) is 0 Å². The monoisotopic (exact) mass is 540 g/mol. The summed E-state index contributed by atoms with van der Waals surface area (Å²) in [4.78, 5) is 35.9. The molecule has 40 heavy (non-hydrogen) atoms. The lowest BCUT2D eigenvalue weighted by atomic mass is 9.75. The molecule has 0 spiro atoms. The van der Waals surface area contributed by atoms with E-state index < -0.39 is 0 Å². The Morgan fingerprint density at radius 3 is 1.30 bits per heavy atom.